The third-order valence-corrected chi connectivity index (χ3v) is 5.72. The molecule has 1 saturated carbocycles. The molecule has 3 rings (SSSR count). The number of carbonyl (C=O) groups excluding carboxylic acids is 3. The van der Waals surface area contributed by atoms with Gasteiger partial charge in [0.1, 0.15) is 12.1 Å². The molecule has 1 aromatic carbocycles. The molecule has 0 radical (unpaired) electrons. The van der Waals surface area contributed by atoms with Gasteiger partial charge in [-0.2, -0.15) is 0 Å². The Balaban J connectivity index is 1.63. The fourth-order valence-corrected chi connectivity index (χ4v) is 4.13. The largest absolute Gasteiger partial charge is 0.493 e. The first-order valence-electron chi connectivity index (χ1n) is 10.1. The van der Waals surface area contributed by atoms with Gasteiger partial charge in [0, 0.05) is 6.54 Å². The van der Waals surface area contributed by atoms with Gasteiger partial charge in [0.05, 0.1) is 21.3 Å². The lowest BCUT2D eigenvalue weighted by Gasteiger charge is -2.24. The molecule has 1 heterocycles. The molecule has 164 valence electrons. The third-order valence-electron chi connectivity index (χ3n) is 5.72. The predicted molar refractivity (Wildman–Crippen MR) is 109 cm³/mol. The highest BCUT2D eigenvalue weighted by Crippen LogP contribution is 2.38. The van der Waals surface area contributed by atoms with Crippen molar-refractivity contribution in [2.75, 3.05) is 27.9 Å². The molecule has 0 bridgehead atoms. The van der Waals surface area contributed by atoms with Crippen LogP contribution in [0.1, 0.15) is 44.1 Å². The van der Waals surface area contributed by atoms with E-state index in [1.165, 1.54) is 21.3 Å². The summed E-state index contributed by atoms with van der Waals surface area (Å²) in [7, 11) is 4.54. The average molecular weight is 419 g/mol. The van der Waals surface area contributed by atoms with Gasteiger partial charge in [-0.3, -0.25) is 14.5 Å². The number of amides is 4. The first-order valence-corrected chi connectivity index (χ1v) is 10.1. The van der Waals surface area contributed by atoms with E-state index >= 15 is 0 Å². The summed E-state index contributed by atoms with van der Waals surface area (Å²) in [5.74, 6) is 0.703. The molecule has 1 saturated heterocycles. The molecular weight excluding hydrogens is 390 g/mol. The number of methoxy groups -OCH3 is 3. The Morgan fingerprint density at radius 2 is 1.63 bits per heavy atom. The number of urea groups is 1. The Hall–Kier alpha value is -2.97. The molecule has 9 nitrogen and oxygen atoms in total. The molecule has 9 heteroatoms. The number of rotatable bonds is 7. The summed E-state index contributed by atoms with van der Waals surface area (Å²) in [6.45, 7) is -0.124. The summed E-state index contributed by atoms with van der Waals surface area (Å²) >= 11 is 0. The maximum absolute atomic E-state index is 12.9. The SMILES string of the molecule is COc1cc(CNC(=O)CN2C(=O)NC3(CCCCCC3)C2=O)cc(OC)c1OC. The van der Waals surface area contributed by atoms with Gasteiger partial charge in [-0.05, 0) is 30.5 Å². The predicted octanol–water partition coefficient (Wildman–Crippen LogP) is 1.97. The molecule has 1 spiro atoms. The maximum atomic E-state index is 12.9. The van der Waals surface area contributed by atoms with Crippen LogP contribution >= 0.6 is 0 Å². The van der Waals surface area contributed by atoms with E-state index in [0.717, 1.165) is 36.1 Å². The molecule has 4 amide bonds. The minimum absolute atomic E-state index is 0.185. The van der Waals surface area contributed by atoms with Crippen LogP contribution in [-0.4, -0.2) is 56.2 Å². The quantitative estimate of drug-likeness (QED) is 0.655. The van der Waals surface area contributed by atoms with Gasteiger partial charge in [0.2, 0.25) is 11.7 Å². The summed E-state index contributed by atoms with van der Waals surface area (Å²) in [5, 5.41) is 5.59. The van der Waals surface area contributed by atoms with Crippen LogP contribution in [0.25, 0.3) is 0 Å². The van der Waals surface area contributed by atoms with Crippen molar-refractivity contribution in [2.24, 2.45) is 0 Å². The van der Waals surface area contributed by atoms with Gasteiger partial charge in [-0.15, -0.1) is 0 Å². The van der Waals surface area contributed by atoms with Crippen molar-refractivity contribution in [3.63, 3.8) is 0 Å². The molecule has 0 aromatic heterocycles. The highest BCUT2D eigenvalue weighted by atomic mass is 16.5. The second-order valence-electron chi connectivity index (χ2n) is 7.63. The van der Waals surface area contributed by atoms with Crippen LogP contribution in [0.3, 0.4) is 0 Å². The summed E-state index contributed by atoms with van der Waals surface area (Å²) in [4.78, 5) is 38.8. The number of imide groups is 1. The number of hydrogen-bond donors (Lipinski definition) is 2. The second-order valence-corrected chi connectivity index (χ2v) is 7.63. The topological polar surface area (TPSA) is 106 Å². The van der Waals surface area contributed by atoms with Crippen LogP contribution in [0.4, 0.5) is 4.79 Å². The minimum Gasteiger partial charge on any atom is -0.493 e. The Labute approximate surface area is 176 Å². The van der Waals surface area contributed by atoms with E-state index in [1.807, 2.05) is 0 Å². The van der Waals surface area contributed by atoms with E-state index in [2.05, 4.69) is 10.6 Å². The molecule has 0 unspecified atom stereocenters. The van der Waals surface area contributed by atoms with E-state index in [1.54, 1.807) is 12.1 Å². The zero-order valence-corrected chi connectivity index (χ0v) is 17.7. The molecule has 30 heavy (non-hydrogen) atoms. The van der Waals surface area contributed by atoms with E-state index in [-0.39, 0.29) is 19.0 Å². The number of carbonyl (C=O) groups is 3. The van der Waals surface area contributed by atoms with Crippen molar-refractivity contribution in [3.8, 4) is 17.2 Å². The molecule has 2 aliphatic rings. The average Bonchev–Trinajstić information content (AvgIpc) is 2.91. The summed E-state index contributed by atoms with van der Waals surface area (Å²) in [6, 6.07) is 2.97. The molecule has 2 N–H and O–H groups in total. The minimum atomic E-state index is -0.843. The summed E-state index contributed by atoms with van der Waals surface area (Å²) in [6.07, 6.45) is 5.16. The number of nitrogens with one attached hydrogen (secondary N) is 2. The van der Waals surface area contributed by atoms with E-state index in [4.69, 9.17) is 14.2 Å². The molecule has 0 atom stereocenters. The Morgan fingerprint density at radius 1 is 1.03 bits per heavy atom. The van der Waals surface area contributed by atoms with Crippen molar-refractivity contribution in [3.05, 3.63) is 17.7 Å². The van der Waals surface area contributed by atoms with Gasteiger partial charge in [-0.1, -0.05) is 25.7 Å². The first kappa shape index (κ1) is 21.7. The van der Waals surface area contributed by atoms with Gasteiger partial charge >= 0.3 is 6.03 Å². The van der Waals surface area contributed by atoms with Crippen molar-refractivity contribution in [2.45, 2.75) is 50.6 Å². The van der Waals surface area contributed by atoms with Gasteiger partial charge in [0.15, 0.2) is 11.5 Å². The van der Waals surface area contributed by atoms with E-state index in [0.29, 0.717) is 30.1 Å². The third kappa shape index (κ3) is 4.29. The summed E-state index contributed by atoms with van der Waals surface area (Å²) in [5.41, 5.74) is -0.111. The van der Waals surface area contributed by atoms with Gasteiger partial charge in [-0.25, -0.2) is 4.79 Å². The zero-order valence-electron chi connectivity index (χ0n) is 17.7. The fourth-order valence-electron chi connectivity index (χ4n) is 4.13. The van der Waals surface area contributed by atoms with Gasteiger partial charge < -0.3 is 24.8 Å². The van der Waals surface area contributed by atoms with Crippen LogP contribution < -0.4 is 24.8 Å². The molecular formula is C21H29N3O6. The van der Waals surface area contributed by atoms with Crippen LogP contribution in [0.5, 0.6) is 17.2 Å². The number of nitrogens with zero attached hydrogens (tertiary/aromatic N) is 1. The van der Waals surface area contributed by atoms with Crippen molar-refractivity contribution in [1.82, 2.24) is 15.5 Å². The van der Waals surface area contributed by atoms with E-state index in [9.17, 15) is 14.4 Å². The second kappa shape index (κ2) is 9.23. The van der Waals surface area contributed by atoms with Crippen LogP contribution in [0.2, 0.25) is 0 Å². The van der Waals surface area contributed by atoms with Crippen LogP contribution in [0.15, 0.2) is 12.1 Å². The monoisotopic (exact) mass is 419 g/mol. The lowest BCUT2D eigenvalue weighted by molar-refractivity contribution is -0.135. The van der Waals surface area contributed by atoms with Crippen LogP contribution in [0, 0.1) is 0 Å². The number of benzene rings is 1. The first-order chi connectivity index (χ1) is 14.4. The molecule has 1 aliphatic heterocycles. The number of ether oxygens (including phenoxy) is 3. The highest BCUT2D eigenvalue weighted by Gasteiger charge is 2.51. The lowest BCUT2D eigenvalue weighted by Crippen LogP contribution is -2.47. The maximum Gasteiger partial charge on any atom is 0.325 e. The Morgan fingerprint density at radius 3 is 2.17 bits per heavy atom. The van der Waals surface area contributed by atoms with Crippen molar-refractivity contribution in [1.29, 1.82) is 0 Å². The Bertz CT molecular complexity index is 792. The molecule has 1 aliphatic carbocycles. The molecule has 2 fully saturated rings. The zero-order chi connectivity index (χ0) is 21.7. The standard InChI is InChI=1S/C21H29N3O6/c1-28-15-10-14(11-16(29-2)18(15)30-3)12-22-17(25)13-24-19(26)21(23-20(24)27)8-6-4-5-7-9-21/h10-11H,4-9,12-13H2,1-3H3,(H,22,25)(H,23,27). The molecule has 1 aromatic rings. The smallest absolute Gasteiger partial charge is 0.325 e. The van der Waals surface area contributed by atoms with Crippen molar-refractivity contribution >= 4 is 17.8 Å². The number of hydrogen-bond acceptors (Lipinski definition) is 6. The Kier molecular flexibility index (Phi) is 6.69. The van der Waals surface area contributed by atoms with Gasteiger partial charge in [0.25, 0.3) is 5.91 Å². The normalized spacial score (nSPS) is 18.0. The van der Waals surface area contributed by atoms with Crippen molar-refractivity contribution < 1.29 is 28.6 Å². The lowest BCUT2D eigenvalue weighted by atomic mass is 9.90. The highest BCUT2D eigenvalue weighted by molar-refractivity contribution is 6.09. The van der Waals surface area contributed by atoms with Crippen LogP contribution in [-0.2, 0) is 16.1 Å². The van der Waals surface area contributed by atoms with E-state index < -0.39 is 17.5 Å². The summed E-state index contributed by atoms with van der Waals surface area (Å²) < 4.78 is 15.9. The fraction of sp³-hybridized carbons (Fsp3) is 0.571.